The largest absolute Gasteiger partial charge is 0.465 e. The summed E-state index contributed by atoms with van der Waals surface area (Å²) < 4.78 is 12.7. The Bertz CT molecular complexity index is 943. The zero-order chi connectivity index (χ0) is 26.0. The van der Waals surface area contributed by atoms with Crippen LogP contribution in [0.3, 0.4) is 0 Å². The summed E-state index contributed by atoms with van der Waals surface area (Å²) >= 11 is 0. The minimum Gasteiger partial charge on any atom is -0.465 e. The zero-order valence-corrected chi connectivity index (χ0v) is 22.1. The Kier molecular flexibility index (Phi) is 7.78. The molecule has 1 unspecified atom stereocenters. The first kappa shape index (κ1) is 26.4. The van der Waals surface area contributed by atoms with Crippen molar-refractivity contribution < 1.29 is 29.0 Å². The van der Waals surface area contributed by atoms with Gasteiger partial charge in [-0.2, -0.15) is 0 Å². The van der Waals surface area contributed by atoms with Gasteiger partial charge in [0.2, 0.25) is 11.8 Å². The monoisotopic (exact) mass is 514 g/mol. The topological polar surface area (TPSA) is 96.4 Å². The minimum atomic E-state index is -1.23. The van der Waals surface area contributed by atoms with E-state index in [9.17, 15) is 19.5 Å². The number of allylic oxidation sites excluding steroid dienone is 1. The molecule has 2 saturated heterocycles. The molecule has 4 heterocycles. The van der Waals surface area contributed by atoms with E-state index in [4.69, 9.17) is 9.47 Å². The van der Waals surface area contributed by atoms with Gasteiger partial charge in [-0.3, -0.25) is 14.4 Å². The van der Waals surface area contributed by atoms with Crippen LogP contribution in [0.15, 0.2) is 24.3 Å². The summed E-state index contributed by atoms with van der Waals surface area (Å²) in [4.78, 5) is 45.9. The van der Waals surface area contributed by atoms with E-state index in [1.807, 2.05) is 30.1 Å². The molecule has 8 heteroatoms. The Hall–Kier alpha value is -2.19. The van der Waals surface area contributed by atoms with Crippen LogP contribution in [0, 0.1) is 11.8 Å². The number of unbranched alkanes of at least 4 members (excludes halogenated alkanes) is 1. The molecule has 1 spiro atoms. The summed E-state index contributed by atoms with van der Waals surface area (Å²) in [5, 5.41) is 9.39. The van der Waals surface area contributed by atoms with Crippen LogP contribution in [-0.4, -0.2) is 82.3 Å². The second-order valence-electron chi connectivity index (χ2n) is 11.3. The maximum absolute atomic E-state index is 14.4. The molecule has 1 N–H and O–H groups in total. The molecule has 5 aliphatic rings. The highest BCUT2D eigenvalue weighted by atomic mass is 16.6. The molecule has 0 radical (unpaired) electrons. The standard InChI is InChI=1S/C29H42N2O6/c1-2-28-15-8-3-4-11-20-36-27(35)23(28)22-25(33)31(17-9-10-19-32)24-26(34)30(21-13-6-5-7-14-21)18-12-16-29(22,24)37-28/h8,12,15-16,21-24,32H,2-7,9-11,13-14,17-20H2,1H3/b15-8-/t22-,23-,24?,28+,29-/m0/s1. The first-order valence-corrected chi connectivity index (χ1v) is 14.4. The van der Waals surface area contributed by atoms with Gasteiger partial charge < -0.3 is 24.4 Å². The van der Waals surface area contributed by atoms with Crippen LogP contribution in [0.5, 0.6) is 0 Å². The molecule has 3 fully saturated rings. The number of rotatable bonds is 6. The fourth-order valence-corrected chi connectivity index (χ4v) is 7.41. The molecular weight excluding hydrogens is 472 g/mol. The molecule has 5 rings (SSSR count). The molecule has 0 aromatic carbocycles. The van der Waals surface area contributed by atoms with E-state index in [1.54, 1.807) is 4.90 Å². The molecule has 1 aliphatic carbocycles. The van der Waals surface area contributed by atoms with Gasteiger partial charge in [-0.15, -0.1) is 0 Å². The van der Waals surface area contributed by atoms with Crippen molar-refractivity contribution in [3.63, 3.8) is 0 Å². The van der Waals surface area contributed by atoms with E-state index in [2.05, 4.69) is 6.08 Å². The molecule has 2 amide bonds. The number of cyclic esters (lactones) is 1. The first-order valence-electron chi connectivity index (χ1n) is 14.4. The predicted octanol–water partition coefficient (Wildman–Crippen LogP) is 3.13. The van der Waals surface area contributed by atoms with Crippen molar-refractivity contribution in [2.75, 3.05) is 26.3 Å². The number of hydrogen-bond donors (Lipinski definition) is 1. The third kappa shape index (κ3) is 4.44. The molecule has 0 aromatic heterocycles. The Morgan fingerprint density at radius 3 is 2.54 bits per heavy atom. The summed E-state index contributed by atoms with van der Waals surface area (Å²) in [6, 6.07) is -0.673. The summed E-state index contributed by atoms with van der Waals surface area (Å²) in [5.41, 5.74) is -2.23. The molecule has 1 saturated carbocycles. The highest BCUT2D eigenvalue weighted by Gasteiger charge is 2.75. The lowest BCUT2D eigenvalue weighted by Gasteiger charge is -2.40. The lowest BCUT2D eigenvalue weighted by Crippen LogP contribution is -2.57. The number of nitrogens with zero attached hydrogens (tertiary/aromatic N) is 2. The summed E-state index contributed by atoms with van der Waals surface area (Å²) in [7, 11) is 0. The van der Waals surface area contributed by atoms with Crippen LogP contribution in [0.4, 0.5) is 0 Å². The maximum atomic E-state index is 14.4. The van der Waals surface area contributed by atoms with E-state index in [0.717, 1.165) is 44.9 Å². The third-order valence-electron chi connectivity index (χ3n) is 9.24. The first-order chi connectivity index (χ1) is 18.0. The van der Waals surface area contributed by atoms with E-state index in [-0.39, 0.29) is 24.5 Å². The number of aliphatic hydroxyl groups is 1. The van der Waals surface area contributed by atoms with Crippen LogP contribution >= 0.6 is 0 Å². The van der Waals surface area contributed by atoms with Crippen LogP contribution in [-0.2, 0) is 23.9 Å². The van der Waals surface area contributed by atoms with Gasteiger partial charge in [-0.05, 0) is 51.4 Å². The van der Waals surface area contributed by atoms with Crippen molar-refractivity contribution >= 4 is 17.8 Å². The van der Waals surface area contributed by atoms with E-state index in [1.165, 1.54) is 6.42 Å². The number of esters is 1. The van der Waals surface area contributed by atoms with Crippen molar-refractivity contribution in [1.82, 2.24) is 9.80 Å². The van der Waals surface area contributed by atoms with Gasteiger partial charge in [0.25, 0.3) is 0 Å². The molecule has 37 heavy (non-hydrogen) atoms. The SMILES string of the molecule is CC[C@@]12/C=C\CCCCOC(=O)[C@@H]1[C@H]1C(=O)N(CCCCO)C3C(=O)N(C4CCCCC4)CC=C[C@@]31O2. The second-order valence-corrected chi connectivity index (χ2v) is 11.3. The number of amides is 2. The number of hydrogen-bond acceptors (Lipinski definition) is 6. The molecular formula is C29H42N2O6. The maximum Gasteiger partial charge on any atom is 0.313 e. The van der Waals surface area contributed by atoms with Gasteiger partial charge in [0.1, 0.15) is 23.2 Å². The highest BCUT2D eigenvalue weighted by Crippen LogP contribution is 2.58. The lowest BCUT2D eigenvalue weighted by molar-refractivity contribution is -0.162. The Morgan fingerprint density at radius 1 is 0.973 bits per heavy atom. The Labute approximate surface area is 220 Å². The van der Waals surface area contributed by atoms with E-state index < -0.39 is 35.0 Å². The quantitative estimate of drug-likeness (QED) is 0.332. The van der Waals surface area contributed by atoms with Crippen molar-refractivity contribution in [1.29, 1.82) is 0 Å². The predicted molar refractivity (Wildman–Crippen MR) is 137 cm³/mol. The van der Waals surface area contributed by atoms with E-state index in [0.29, 0.717) is 39.0 Å². The summed E-state index contributed by atoms with van der Waals surface area (Å²) in [6.07, 6.45) is 17.4. The van der Waals surface area contributed by atoms with Crippen LogP contribution < -0.4 is 0 Å². The Balaban J connectivity index is 1.60. The van der Waals surface area contributed by atoms with E-state index >= 15 is 0 Å². The molecule has 0 aromatic rings. The summed E-state index contributed by atoms with van der Waals surface area (Å²) in [5.74, 6) is -2.34. The molecule has 5 atom stereocenters. The van der Waals surface area contributed by atoms with Gasteiger partial charge in [0, 0.05) is 25.7 Å². The molecule has 8 nitrogen and oxygen atoms in total. The van der Waals surface area contributed by atoms with Gasteiger partial charge >= 0.3 is 5.97 Å². The van der Waals surface area contributed by atoms with Crippen molar-refractivity contribution in [3.8, 4) is 0 Å². The van der Waals surface area contributed by atoms with Crippen molar-refractivity contribution in [2.45, 2.75) is 101 Å². The second kappa shape index (κ2) is 10.9. The molecule has 0 bridgehead atoms. The Morgan fingerprint density at radius 2 is 1.78 bits per heavy atom. The number of ether oxygens (including phenoxy) is 2. The van der Waals surface area contributed by atoms with Crippen LogP contribution in [0.2, 0.25) is 0 Å². The number of carbonyl (C=O) groups excluding carboxylic acids is 3. The smallest absolute Gasteiger partial charge is 0.313 e. The number of aliphatic hydroxyl groups excluding tert-OH is 1. The van der Waals surface area contributed by atoms with Gasteiger partial charge in [-0.1, -0.05) is 50.5 Å². The minimum absolute atomic E-state index is 0.0263. The van der Waals surface area contributed by atoms with Gasteiger partial charge in [0.05, 0.1) is 12.5 Å². The van der Waals surface area contributed by atoms with Crippen LogP contribution in [0.25, 0.3) is 0 Å². The van der Waals surface area contributed by atoms with Gasteiger partial charge in [-0.25, -0.2) is 0 Å². The number of likely N-dealkylation sites (tertiary alicyclic amines) is 1. The highest BCUT2D eigenvalue weighted by molar-refractivity contribution is 5.99. The molecule has 204 valence electrons. The molecule has 4 aliphatic heterocycles. The average Bonchev–Trinajstić information content (AvgIpc) is 3.26. The zero-order valence-electron chi connectivity index (χ0n) is 22.1. The van der Waals surface area contributed by atoms with Crippen molar-refractivity contribution in [2.24, 2.45) is 11.8 Å². The van der Waals surface area contributed by atoms with Gasteiger partial charge in [0.15, 0.2) is 0 Å². The average molecular weight is 515 g/mol. The normalized spacial score (nSPS) is 37.6. The number of fused-ring (bicyclic) bond motifs is 2. The van der Waals surface area contributed by atoms with Crippen molar-refractivity contribution in [3.05, 3.63) is 24.3 Å². The fourth-order valence-electron chi connectivity index (χ4n) is 7.41. The fraction of sp³-hybridized carbons (Fsp3) is 0.759. The summed E-state index contributed by atoms with van der Waals surface area (Å²) in [6.45, 7) is 3.16. The van der Waals surface area contributed by atoms with Crippen LogP contribution in [0.1, 0.15) is 77.6 Å². The third-order valence-corrected chi connectivity index (χ3v) is 9.24. The number of carbonyl (C=O) groups is 3. The lowest BCUT2D eigenvalue weighted by atomic mass is 9.73.